The molecule has 1 saturated carbocycles. The van der Waals surface area contributed by atoms with Crippen molar-refractivity contribution in [2.75, 3.05) is 0 Å². The zero-order valence-corrected chi connectivity index (χ0v) is 12.9. The molecule has 108 valence electrons. The highest BCUT2D eigenvalue weighted by molar-refractivity contribution is 5.01. The second-order valence-electron chi connectivity index (χ2n) is 6.71. The van der Waals surface area contributed by atoms with Gasteiger partial charge in [-0.2, -0.15) is 5.26 Å². The van der Waals surface area contributed by atoms with Crippen molar-refractivity contribution < 1.29 is 0 Å². The molecule has 0 aromatic carbocycles. The van der Waals surface area contributed by atoms with Crippen LogP contribution < -0.4 is 0 Å². The Balaban J connectivity index is 2.11. The van der Waals surface area contributed by atoms with Crippen molar-refractivity contribution >= 4 is 0 Å². The first-order valence-electron chi connectivity index (χ1n) is 8.38. The van der Waals surface area contributed by atoms with Gasteiger partial charge in [-0.1, -0.05) is 26.7 Å². The predicted molar refractivity (Wildman–Crippen MR) is 79.8 cm³/mol. The van der Waals surface area contributed by atoms with E-state index in [0.717, 1.165) is 18.4 Å². The lowest BCUT2D eigenvalue weighted by atomic mass is 9.76. The van der Waals surface area contributed by atoms with Gasteiger partial charge >= 0.3 is 0 Å². The first-order valence-corrected chi connectivity index (χ1v) is 8.38. The summed E-state index contributed by atoms with van der Waals surface area (Å²) in [6.07, 6.45) is 10.2. The molecule has 5 atom stereocenters. The summed E-state index contributed by atoms with van der Waals surface area (Å²) >= 11 is 0. The fourth-order valence-electron chi connectivity index (χ4n) is 4.49. The minimum atomic E-state index is 0.280. The minimum Gasteiger partial charge on any atom is -0.293 e. The van der Waals surface area contributed by atoms with E-state index in [1.807, 2.05) is 0 Å². The van der Waals surface area contributed by atoms with Gasteiger partial charge in [-0.3, -0.25) is 4.90 Å². The Bertz CT molecular complexity index is 320. The fourth-order valence-corrected chi connectivity index (χ4v) is 4.49. The second kappa shape index (κ2) is 6.75. The van der Waals surface area contributed by atoms with Gasteiger partial charge in [0.1, 0.15) is 0 Å². The molecule has 1 heterocycles. The number of rotatable bonds is 4. The normalized spacial score (nSPS) is 40.2. The number of hydrogen-bond donors (Lipinski definition) is 0. The number of hydrogen-bond acceptors (Lipinski definition) is 2. The zero-order chi connectivity index (χ0) is 13.8. The molecule has 1 aliphatic heterocycles. The van der Waals surface area contributed by atoms with E-state index in [-0.39, 0.29) is 5.92 Å². The van der Waals surface area contributed by atoms with Crippen molar-refractivity contribution in [2.24, 2.45) is 11.8 Å². The Morgan fingerprint density at radius 1 is 1.16 bits per heavy atom. The average molecular weight is 262 g/mol. The molecule has 0 amide bonds. The average Bonchev–Trinajstić information content (AvgIpc) is 2.80. The largest absolute Gasteiger partial charge is 0.293 e. The lowest BCUT2D eigenvalue weighted by molar-refractivity contribution is 0.0589. The molecule has 0 aromatic heterocycles. The van der Waals surface area contributed by atoms with Gasteiger partial charge in [0, 0.05) is 18.1 Å². The summed E-state index contributed by atoms with van der Waals surface area (Å²) in [7, 11) is 0. The van der Waals surface area contributed by atoms with Gasteiger partial charge in [-0.25, -0.2) is 0 Å². The third kappa shape index (κ3) is 3.14. The monoisotopic (exact) mass is 262 g/mol. The number of nitrogens with zero attached hydrogens (tertiary/aromatic N) is 2. The molecule has 0 N–H and O–H groups in total. The van der Waals surface area contributed by atoms with Crippen molar-refractivity contribution in [1.82, 2.24) is 4.90 Å². The molecule has 2 aliphatic rings. The van der Waals surface area contributed by atoms with Crippen LogP contribution in [-0.2, 0) is 0 Å². The van der Waals surface area contributed by atoms with E-state index in [0.29, 0.717) is 12.1 Å². The number of likely N-dealkylation sites (tertiary alicyclic amines) is 1. The third-order valence-corrected chi connectivity index (χ3v) is 5.49. The maximum Gasteiger partial charge on any atom is 0.0672 e. The van der Waals surface area contributed by atoms with Gasteiger partial charge in [0.25, 0.3) is 0 Å². The molecule has 0 spiro atoms. The van der Waals surface area contributed by atoms with Crippen LogP contribution in [0.3, 0.4) is 0 Å². The Hall–Kier alpha value is -0.550. The van der Waals surface area contributed by atoms with E-state index in [9.17, 15) is 5.26 Å². The van der Waals surface area contributed by atoms with E-state index in [1.54, 1.807) is 0 Å². The highest BCUT2D eigenvalue weighted by atomic mass is 15.2. The molecule has 0 aromatic rings. The summed E-state index contributed by atoms with van der Waals surface area (Å²) in [6.45, 7) is 6.97. The summed E-state index contributed by atoms with van der Waals surface area (Å²) in [6, 6.07) is 4.58. The molecule has 0 radical (unpaired) electrons. The quantitative estimate of drug-likeness (QED) is 0.752. The van der Waals surface area contributed by atoms with Crippen LogP contribution in [0.2, 0.25) is 0 Å². The lowest BCUT2D eigenvalue weighted by Gasteiger charge is -2.43. The van der Waals surface area contributed by atoms with Crippen molar-refractivity contribution in [3.63, 3.8) is 0 Å². The molecule has 2 heteroatoms. The summed E-state index contributed by atoms with van der Waals surface area (Å²) < 4.78 is 0. The van der Waals surface area contributed by atoms with Gasteiger partial charge in [-0.05, 0) is 51.4 Å². The van der Waals surface area contributed by atoms with Gasteiger partial charge in [0.05, 0.1) is 12.0 Å². The summed E-state index contributed by atoms with van der Waals surface area (Å²) in [5.74, 6) is 1.15. The highest BCUT2D eigenvalue weighted by Gasteiger charge is 2.41. The molecule has 2 rings (SSSR count). The van der Waals surface area contributed by atoms with E-state index in [2.05, 4.69) is 31.7 Å². The van der Waals surface area contributed by atoms with E-state index >= 15 is 0 Å². The van der Waals surface area contributed by atoms with Crippen LogP contribution >= 0.6 is 0 Å². The second-order valence-corrected chi connectivity index (χ2v) is 6.71. The molecular weight excluding hydrogens is 232 g/mol. The molecule has 1 saturated heterocycles. The first kappa shape index (κ1) is 14.9. The van der Waals surface area contributed by atoms with Crippen LogP contribution in [0.25, 0.3) is 0 Å². The van der Waals surface area contributed by atoms with Gasteiger partial charge in [0.15, 0.2) is 0 Å². The van der Waals surface area contributed by atoms with Crippen molar-refractivity contribution in [2.45, 2.75) is 90.3 Å². The van der Waals surface area contributed by atoms with Gasteiger partial charge < -0.3 is 0 Å². The van der Waals surface area contributed by atoms with Crippen LogP contribution in [0.1, 0.15) is 72.1 Å². The minimum absolute atomic E-state index is 0.280. The zero-order valence-electron chi connectivity index (χ0n) is 12.9. The maximum absolute atomic E-state index is 9.51. The summed E-state index contributed by atoms with van der Waals surface area (Å²) in [5.41, 5.74) is 0. The first-order chi connectivity index (χ1) is 9.21. The van der Waals surface area contributed by atoms with Crippen molar-refractivity contribution in [1.29, 1.82) is 5.26 Å². The predicted octanol–water partition coefficient (Wildman–Crippen LogP) is 4.36. The smallest absolute Gasteiger partial charge is 0.0672 e. The summed E-state index contributed by atoms with van der Waals surface area (Å²) in [4.78, 5) is 2.73. The molecule has 5 unspecified atom stereocenters. The van der Waals surface area contributed by atoms with Crippen LogP contribution in [0.5, 0.6) is 0 Å². The van der Waals surface area contributed by atoms with Crippen LogP contribution in [0.4, 0.5) is 0 Å². The molecule has 1 aliphatic carbocycles. The lowest BCUT2D eigenvalue weighted by Crippen LogP contribution is -2.49. The standard InChI is InChI=1S/C17H30N2/c1-4-6-14-8-9-15(12-18)17(11-14)19-13(3)7-10-16(19)5-2/h13-17H,4-11H2,1-3H3. The Morgan fingerprint density at radius 3 is 2.58 bits per heavy atom. The Kier molecular flexibility index (Phi) is 5.28. The van der Waals surface area contributed by atoms with Crippen LogP contribution in [-0.4, -0.2) is 23.0 Å². The summed E-state index contributed by atoms with van der Waals surface area (Å²) in [5, 5.41) is 9.51. The van der Waals surface area contributed by atoms with Gasteiger partial charge in [0.2, 0.25) is 0 Å². The Labute approximate surface area is 119 Å². The highest BCUT2D eigenvalue weighted by Crippen LogP contribution is 2.39. The van der Waals surface area contributed by atoms with E-state index in [1.165, 1.54) is 44.9 Å². The molecule has 2 nitrogen and oxygen atoms in total. The Morgan fingerprint density at radius 2 is 1.95 bits per heavy atom. The SMILES string of the molecule is CCCC1CCC(C#N)C(N2C(C)CCC2CC)C1. The molecule has 19 heavy (non-hydrogen) atoms. The number of nitriles is 1. The maximum atomic E-state index is 9.51. The van der Waals surface area contributed by atoms with E-state index in [4.69, 9.17) is 0 Å². The van der Waals surface area contributed by atoms with Crippen molar-refractivity contribution in [3.05, 3.63) is 0 Å². The molecule has 0 bridgehead atoms. The molecular formula is C17H30N2. The van der Waals surface area contributed by atoms with Gasteiger partial charge in [-0.15, -0.1) is 0 Å². The topological polar surface area (TPSA) is 27.0 Å². The van der Waals surface area contributed by atoms with Crippen LogP contribution in [0.15, 0.2) is 0 Å². The molecule has 2 fully saturated rings. The van der Waals surface area contributed by atoms with Crippen LogP contribution in [0, 0.1) is 23.2 Å². The third-order valence-electron chi connectivity index (χ3n) is 5.49. The van der Waals surface area contributed by atoms with Crippen molar-refractivity contribution in [3.8, 4) is 6.07 Å². The fraction of sp³-hybridized carbons (Fsp3) is 0.941. The van der Waals surface area contributed by atoms with E-state index < -0.39 is 0 Å².